The first kappa shape index (κ1) is 18.4. The Morgan fingerprint density at radius 3 is 2.54 bits per heavy atom. The maximum Gasteiger partial charge on any atom is 0.410 e. The highest BCUT2D eigenvalue weighted by Gasteiger charge is 2.40. The third-order valence-electron chi connectivity index (χ3n) is 4.51. The zero-order valence-corrected chi connectivity index (χ0v) is 15.7. The Kier molecular flexibility index (Phi) is 5.02. The molecule has 0 bridgehead atoms. The highest BCUT2D eigenvalue weighted by Crippen LogP contribution is 2.45. The number of carbonyl (C=O) groups excluding carboxylic acids is 1. The highest BCUT2D eigenvalue weighted by atomic mass is 16.6. The van der Waals surface area contributed by atoms with Gasteiger partial charge >= 0.3 is 6.09 Å². The first-order valence-electron chi connectivity index (χ1n) is 8.45. The normalized spacial score (nSPS) is 20.6. The van der Waals surface area contributed by atoms with E-state index in [4.69, 9.17) is 15.2 Å². The minimum Gasteiger partial charge on any atom is -0.496 e. The van der Waals surface area contributed by atoms with Gasteiger partial charge in [0, 0.05) is 24.8 Å². The fourth-order valence-electron chi connectivity index (χ4n) is 3.43. The first-order chi connectivity index (χ1) is 11.0. The molecule has 0 radical (unpaired) electrons. The molecular formula is C19H30N2O3. The standard InChI is InChI=1S/C19H30N2O3/c1-18(2,3)24-17(22)21-10-9-15(19(4,5)12-21)14-8-7-13(20)11-16(14)23-6/h7-8,11,15H,9-10,12,20H2,1-6H3. The molecule has 2 rings (SSSR count). The number of piperidine rings is 1. The van der Waals surface area contributed by atoms with Gasteiger partial charge in [-0.05, 0) is 50.2 Å². The third kappa shape index (κ3) is 4.13. The Hall–Kier alpha value is -1.91. The van der Waals surface area contributed by atoms with Crippen LogP contribution in [0.1, 0.15) is 52.5 Å². The molecule has 1 saturated heterocycles. The number of hydrogen-bond acceptors (Lipinski definition) is 4. The lowest BCUT2D eigenvalue weighted by Crippen LogP contribution is -2.48. The van der Waals surface area contributed by atoms with Crippen molar-refractivity contribution < 1.29 is 14.3 Å². The zero-order chi connectivity index (χ0) is 18.1. The molecule has 1 aliphatic rings. The van der Waals surface area contributed by atoms with Crippen molar-refractivity contribution in [2.75, 3.05) is 25.9 Å². The Labute approximate surface area is 145 Å². The fraction of sp³-hybridized carbons (Fsp3) is 0.632. The molecule has 1 aromatic carbocycles. The predicted molar refractivity (Wildman–Crippen MR) is 96.4 cm³/mol. The van der Waals surface area contributed by atoms with Crippen molar-refractivity contribution in [3.05, 3.63) is 23.8 Å². The van der Waals surface area contributed by atoms with Gasteiger partial charge in [0.2, 0.25) is 0 Å². The van der Waals surface area contributed by atoms with Crippen LogP contribution in [0.15, 0.2) is 18.2 Å². The van der Waals surface area contributed by atoms with Crippen molar-refractivity contribution in [1.82, 2.24) is 4.90 Å². The number of rotatable bonds is 2. The lowest BCUT2D eigenvalue weighted by molar-refractivity contribution is 0.00466. The highest BCUT2D eigenvalue weighted by molar-refractivity contribution is 5.68. The number of carbonyl (C=O) groups is 1. The number of anilines is 1. The van der Waals surface area contributed by atoms with Crippen LogP contribution >= 0.6 is 0 Å². The molecule has 1 heterocycles. The Bertz CT molecular complexity index is 605. The zero-order valence-electron chi connectivity index (χ0n) is 15.7. The molecule has 1 amide bonds. The van der Waals surface area contributed by atoms with Gasteiger partial charge in [-0.25, -0.2) is 4.79 Å². The van der Waals surface area contributed by atoms with E-state index in [9.17, 15) is 4.79 Å². The second kappa shape index (κ2) is 6.54. The van der Waals surface area contributed by atoms with Crippen molar-refractivity contribution >= 4 is 11.8 Å². The van der Waals surface area contributed by atoms with Crippen LogP contribution in [-0.2, 0) is 4.74 Å². The number of methoxy groups -OCH3 is 1. The molecule has 0 spiro atoms. The topological polar surface area (TPSA) is 64.8 Å². The number of amides is 1. The number of ether oxygens (including phenoxy) is 2. The van der Waals surface area contributed by atoms with E-state index in [0.29, 0.717) is 24.7 Å². The Balaban J connectivity index is 2.19. The maximum absolute atomic E-state index is 12.4. The van der Waals surface area contributed by atoms with E-state index in [2.05, 4.69) is 13.8 Å². The average Bonchev–Trinajstić information content (AvgIpc) is 2.45. The summed E-state index contributed by atoms with van der Waals surface area (Å²) in [7, 11) is 1.67. The summed E-state index contributed by atoms with van der Waals surface area (Å²) in [6, 6.07) is 5.82. The van der Waals surface area contributed by atoms with Crippen molar-refractivity contribution in [2.24, 2.45) is 5.41 Å². The molecule has 24 heavy (non-hydrogen) atoms. The number of benzene rings is 1. The molecule has 1 aromatic rings. The summed E-state index contributed by atoms with van der Waals surface area (Å²) in [5.74, 6) is 1.12. The SMILES string of the molecule is COc1cc(N)ccc1C1CCN(C(=O)OC(C)(C)C)CC1(C)C. The molecule has 1 unspecified atom stereocenters. The second-order valence-electron chi connectivity index (χ2n) is 8.23. The van der Waals surface area contributed by atoms with E-state index in [-0.39, 0.29) is 11.5 Å². The Morgan fingerprint density at radius 1 is 1.33 bits per heavy atom. The van der Waals surface area contributed by atoms with Crippen LogP contribution in [-0.4, -0.2) is 36.8 Å². The van der Waals surface area contributed by atoms with Crippen molar-refractivity contribution in [3.8, 4) is 5.75 Å². The number of hydrogen-bond donors (Lipinski definition) is 1. The van der Waals surface area contributed by atoms with E-state index in [1.165, 1.54) is 0 Å². The molecule has 5 nitrogen and oxygen atoms in total. The van der Waals surface area contributed by atoms with Gasteiger partial charge < -0.3 is 20.1 Å². The summed E-state index contributed by atoms with van der Waals surface area (Å²) < 4.78 is 11.0. The van der Waals surface area contributed by atoms with E-state index in [1.54, 1.807) is 7.11 Å². The van der Waals surface area contributed by atoms with Gasteiger partial charge in [0.1, 0.15) is 11.4 Å². The summed E-state index contributed by atoms with van der Waals surface area (Å²) in [6.45, 7) is 11.4. The molecule has 5 heteroatoms. The minimum absolute atomic E-state index is 0.0848. The quantitative estimate of drug-likeness (QED) is 0.829. The lowest BCUT2D eigenvalue weighted by atomic mass is 9.70. The van der Waals surface area contributed by atoms with Crippen LogP contribution < -0.4 is 10.5 Å². The van der Waals surface area contributed by atoms with Gasteiger partial charge in [-0.1, -0.05) is 19.9 Å². The summed E-state index contributed by atoms with van der Waals surface area (Å²) in [5, 5.41) is 0. The maximum atomic E-state index is 12.4. The van der Waals surface area contributed by atoms with Crippen LogP contribution in [0.25, 0.3) is 0 Å². The molecule has 1 fully saturated rings. The third-order valence-corrected chi connectivity index (χ3v) is 4.51. The molecular weight excluding hydrogens is 304 g/mol. The molecule has 2 N–H and O–H groups in total. The monoisotopic (exact) mass is 334 g/mol. The van der Waals surface area contributed by atoms with Crippen LogP contribution in [0.3, 0.4) is 0 Å². The van der Waals surface area contributed by atoms with Crippen molar-refractivity contribution in [2.45, 2.75) is 52.6 Å². The molecule has 0 aliphatic carbocycles. The number of likely N-dealkylation sites (tertiary alicyclic amines) is 1. The fourth-order valence-corrected chi connectivity index (χ4v) is 3.43. The minimum atomic E-state index is -0.474. The van der Waals surface area contributed by atoms with Crippen LogP contribution in [0.5, 0.6) is 5.75 Å². The number of nitrogen functional groups attached to an aromatic ring is 1. The van der Waals surface area contributed by atoms with Crippen LogP contribution in [0.4, 0.5) is 10.5 Å². The van der Waals surface area contributed by atoms with E-state index < -0.39 is 5.60 Å². The number of nitrogens with two attached hydrogens (primary N) is 1. The summed E-state index contributed by atoms with van der Waals surface area (Å²) in [5.41, 5.74) is 7.16. The summed E-state index contributed by atoms with van der Waals surface area (Å²) >= 11 is 0. The molecule has 0 aromatic heterocycles. The predicted octanol–water partition coefficient (Wildman–Crippen LogP) is 4.03. The van der Waals surface area contributed by atoms with Crippen LogP contribution in [0.2, 0.25) is 0 Å². The summed E-state index contributed by atoms with van der Waals surface area (Å²) in [4.78, 5) is 14.2. The van der Waals surface area contributed by atoms with Gasteiger partial charge in [0.05, 0.1) is 7.11 Å². The largest absolute Gasteiger partial charge is 0.496 e. The van der Waals surface area contributed by atoms with Gasteiger partial charge in [-0.15, -0.1) is 0 Å². The average molecular weight is 334 g/mol. The van der Waals surface area contributed by atoms with Crippen molar-refractivity contribution in [3.63, 3.8) is 0 Å². The molecule has 1 aliphatic heterocycles. The summed E-state index contributed by atoms with van der Waals surface area (Å²) in [6.07, 6.45) is 0.630. The number of nitrogens with zero attached hydrogens (tertiary/aromatic N) is 1. The molecule has 0 saturated carbocycles. The van der Waals surface area contributed by atoms with E-state index in [0.717, 1.165) is 17.7 Å². The van der Waals surface area contributed by atoms with Gasteiger partial charge in [-0.2, -0.15) is 0 Å². The van der Waals surface area contributed by atoms with Gasteiger partial charge in [0.25, 0.3) is 0 Å². The Morgan fingerprint density at radius 2 is 2.00 bits per heavy atom. The first-order valence-corrected chi connectivity index (χ1v) is 8.45. The lowest BCUT2D eigenvalue weighted by Gasteiger charge is -2.44. The van der Waals surface area contributed by atoms with Gasteiger partial charge in [-0.3, -0.25) is 0 Å². The molecule has 1 atom stereocenters. The molecule has 134 valence electrons. The van der Waals surface area contributed by atoms with E-state index >= 15 is 0 Å². The van der Waals surface area contributed by atoms with Crippen LogP contribution in [0, 0.1) is 5.41 Å². The van der Waals surface area contributed by atoms with E-state index in [1.807, 2.05) is 43.9 Å². The van der Waals surface area contributed by atoms with Crippen molar-refractivity contribution in [1.29, 1.82) is 0 Å². The second-order valence-corrected chi connectivity index (χ2v) is 8.23. The smallest absolute Gasteiger partial charge is 0.410 e. The van der Waals surface area contributed by atoms with Gasteiger partial charge in [0.15, 0.2) is 0 Å².